The van der Waals surface area contributed by atoms with Crippen LogP contribution in [0.1, 0.15) is 53.1 Å². The van der Waals surface area contributed by atoms with Gasteiger partial charge in [-0.3, -0.25) is 9.59 Å². The molecule has 2 amide bonds. The summed E-state index contributed by atoms with van der Waals surface area (Å²) in [5, 5.41) is 2.77. The van der Waals surface area contributed by atoms with Gasteiger partial charge in [-0.2, -0.15) is 4.31 Å². The lowest BCUT2D eigenvalue weighted by Gasteiger charge is -2.32. The van der Waals surface area contributed by atoms with Gasteiger partial charge in [0.2, 0.25) is 5.91 Å². The minimum atomic E-state index is -4.20. The quantitative estimate of drug-likeness (QED) is 0.432. The lowest BCUT2D eigenvalue weighted by atomic mass is 9.89. The fourth-order valence-electron chi connectivity index (χ4n) is 5.52. The maximum absolute atomic E-state index is 13.8. The number of sulfonamides is 1. The van der Waals surface area contributed by atoms with Crippen molar-refractivity contribution in [1.82, 2.24) is 14.2 Å². The molecule has 1 aromatic heterocycles. The van der Waals surface area contributed by atoms with Crippen molar-refractivity contribution in [3.8, 4) is 0 Å². The summed E-state index contributed by atoms with van der Waals surface area (Å²) in [6.45, 7) is 2.71. The number of benzene rings is 2. The molecule has 5 rings (SSSR count). The number of rotatable bonds is 7. The smallest absolute Gasteiger partial charge is 0.261 e. The number of likely N-dealkylation sites (tertiary alicyclic amines) is 1. The zero-order valence-corrected chi connectivity index (χ0v) is 23.3. The number of piperidine rings is 1. The molecule has 2 aliphatic heterocycles. The molecule has 0 aliphatic carbocycles. The van der Waals surface area contributed by atoms with Crippen LogP contribution >= 0.6 is 0 Å². The zero-order valence-electron chi connectivity index (χ0n) is 22.5. The number of nitrogens with two attached hydrogens (primary N) is 1. The third-order valence-corrected chi connectivity index (χ3v) is 9.60. The first kappa shape index (κ1) is 28.6. The Bertz CT molecular complexity index is 1570. The van der Waals surface area contributed by atoms with E-state index < -0.39 is 27.8 Å². The standard InChI is InChI=1S/C29H31F2N5O4S/c1-18-15-22(31)8-9-24(18)34-25-16-27(41(39,40)36-12-2-3-26(36)28(32)37)33-17-23(25)29(38)35-13-10-20(11-14-35)19-4-6-21(30)7-5-19/h4-9,15-17,20,26H,2-3,10-14H2,1H3,(H2,32,37)(H,33,34). The number of hydrogen-bond acceptors (Lipinski definition) is 6. The number of carbonyl (C=O) groups is 2. The molecular weight excluding hydrogens is 552 g/mol. The molecule has 9 nitrogen and oxygen atoms in total. The third-order valence-electron chi connectivity index (χ3n) is 7.80. The predicted octanol–water partition coefficient (Wildman–Crippen LogP) is 4.07. The number of aromatic nitrogens is 1. The monoisotopic (exact) mass is 583 g/mol. The van der Waals surface area contributed by atoms with Crippen LogP contribution in [-0.2, 0) is 14.8 Å². The van der Waals surface area contributed by atoms with Crippen molar-refractivity contribution in [1.29, 1.82) is 0 Å². The van der Waals surface area contributed by atoms with Crippen LogP contribution in [0.2, 0.25) is 0 Å². The number of aryl methyl sites for hydroxylation is 1. The number of amides is 2. The molecule has 2 fully saturated rings. The van der Waals surface area contributed by atoms with Crippen LogP contribution in [0.25, 0.3) is 0 Å². The van der Waals surface area contributed by atoms with Crippen molar-refractivity contribution in [3.63, 3.8) is 0 Å². The van der Waals surface area contributed by atoms with Gasteiger partial charge in [0.1, 0.15) is 17.7 Å². The number of pyridine rings is 1. The molecule has 1 unspecified atom stereocenters. The second kappa shape index (κ2) is 11.5. The number of anilines is 2. The first-order valence-electron chi connectivity index (χ1n) is 13.4. The molecular formula is C29H31F2N5O4S. The van der Waals surface area contributed by atoms with Crippen LogP contribution in [0.5, 0.6) is 0 Å². The highest BCUT2D eigenvalue weighted by molar-refractivity contribution is 7.89. The minimum absolute atomic E-state index is 0.126. The van der Waals surface area contributed by atoms with Gasteiger partial charge >= 0.3 is 0 Å². The van der Waals surface area contributed by atoms with Gasteiger partial charge in [0.25, 0.3) is 15.9 Å². The molecule has 3 aromatic rings. The van der Waals surface area contributed by atoms with E-state index in [1.165, 1.54) is 42.6 Å². The van der Waals surface area contributed by atoms with Gasteiger partial charge in [-0.1, -0.05) is 12.1 Å². The Morgan fingerprint density at radius 2 is 1.63 bits per heavy atom. The van der Waals surface area contributed by atoms with Crippen LogP contribution in [-0.4, -0.2) is 60.1 Å². The van der Waals surface area contributed by atoms with Crippen molar-refractivity contribution in [2.75, 3.05) is 25.0 Å². The lowest BCUT2D eigenvalue weighted by Crippen LogP contribution is -2.43. The van der Waals surface area contributed by atoms with Crippen molar-refractivity contribution in [2.24, 2.45) is 5.73 Å². The number of nitrogens with zero attached hydrogens (tertiary/aromatic N) is 3. The van der Waals surface area contributed by atoms with E-state index in [1.807, 2.05) is 0 Å². The highest BCUT2D eigenvalue weighted by Gasteiger charge is 2.39. The fraction of sp³-hybridized carbons (Fsp3) is 0.345. The normalized spacial score (nSPS) is 18.4. The Morgan fingerprint density at radius 1 is 0.951 bits per heavy atom. The van der Waals surface area contributed by atoms with E-state index in [9.17, 15) is 26.8 Å². The fourth-order valence-corrected chi connectivity index (χ4v) is 7.12. The van der Waals surface area contributed by atoms with Crippen LogP contribution in [0.15, 0.2) is 59.8 Å². The van der Waals surface area contributed by atoms with Gasteiger partial charge in [0.05, 0.1) is 11.3 Å². The summed E-state index contributed by atoms with van der Waals surface area (Å²) in [6.07, 6.45) is 3.38. The molecule has 41 heavy (non-hydrogen) atoms. The summed E-state index contributed by atoms with van der Waals surface area (Å²) >= 11 is 0. The SMILES string of the molecule is Cc1cc(F)ccc1Nc1cc(S(=O)(=O)N2CCCC2C(N)=O)ncc1C(=O)N1CCC(c2ccc(F)cc2)CC1. The van der Waals surface area contributed by atoms with Crippen molar-refractivity contribution in [2.45, 2.75) is 49.6 Å². The molecule has 0 radical (unpaired) electrons. The molecule has 2 aliphatic rings. The van der Waals surface area contributed by atoms with Gasteiger partial charge in [-0.05, 0) is 80.0 Å². The molecule has 0 bridgehead atoms. The number of halogens is 2. The van der Waals surface area contributed by atoms with Gasteiger partial charge in [0.15, 0.2) is 5.03 Å². The minimum Gasteiger partial charge on any atom is -0.368 e. The molecule has 216 valence electrons. The Labute approximate surface area is 237 Å². The first-order chi connectivity index (χ1) is 19.5. The van der Waals surface area contributed by atoms with E-state index in [2.05, 4.69) is 10.3 Å². The van der Waals surface area contributed by atoms with Gasteiger partial charge in [-0.15, -0.1) is 0 Å². The summed E-state index contributed by atoms with van der Waals surface area (Å²) in [7, 11) is -4.20. The van der Waals surface area contributed by atoms with Crippen molar-refractivity contribution in [3.05, 3.63) is 83.1 Å². The summed E-state index contributed by atoms with van der Waals surface area (Å²) in [4.78, 5) is 31.4. The number of hydrogen-bond donors (Lipinski definition) is 2. The first-order valence-corrected chi connectivity index (χ1v) is 14.9. The lowest BCUT2D eigenvalue weighted by molar-refractivity contribution is -0.121. The van der Waals surface area contributed by atoms with Crippen LogP contribution in [0.4, 0.5) is 20.2 Å². The summed E-state index contributed by atoms with van der Waals surface area (Å²) in [5.74, 6) is -1.62. The molecule has 0 saturated carbocycles. The highest BCUT2D eigenvalue weighted by atomic mass is 32.2. The van der Waals surface area contributed by atoms with Crippen LogP contribution in [0, 0.1) is 18.6 Å². The van der Waals surface area contributed by atoms with Gasteiger partial charge in [-0.25, -0.2) is 22.2 Å². The Hall–Kier alpha value is -3.90. The van der Waals surface area contributed by atoms with E-state index in [0.29, 0.717) is 50.0 Å². The molecule has 3 N–H and O–H groups in total. The maximum Gasteiger partial charge on any atom is 0.261 e. The summed E-state index contributed by atoms with van der Waals surface area (Å²) in [5.41, 5.74) is 7.85. The molecule has 12 heteroatoms. The maximum atomic E-state index is 13.8. The third kappa shape index (κ3) is 5.94. The van der Waals surface area contributed by atoms with E-state index in [-0.39, 0.29) is 40.5 Å². The second-order valence-electron chi connectivity index (χ2n) is 10.4. The molecule has 2 aromatic carbocycles. The second-order valence-corrected chi connectivity index (χ2v) is 12.3. The van der Waals surface area contributed by atoms with Crippen LogP contribution < -0.4 is 11.1 Å². The van der Waals surface area contributed by atoms with E-state index in [1.54, 1.807) is 24.0 Å². The number of nitrogens with one attached hydrogen (secondary N) is 1. The van der Waals surface area contributed by atoms with Gasteiger partial charge in [0, 0.05) is 37.6 Å². The molecule has 2 saturated heterocycles. The topological polar surface area (TPSA) is 126 Å². The number of carbonyl (C=O) groups excluding carboxylic acids is 2. The average molecular weight is 584 g/mol. The molecule has 3 heterocycles. The molecule has 1 atom stereocenters. The zero-order chi connectivity index (χ0) is 29.3. The molecule has 0 spiro atoms. The summed E-state index contributed by atoms with van der Waals surface area (Å²) in [6, 6.07) is 10.8. The van der Waals surface area contributed by atoms with E-state index in [4.69, 9.17) is 5.73 Å². The Balaban J connectivity index is 1.45. The van der Waals surface area contributed by atoms with Gasteiger partial charge < -0.3 is 16.0 Å². The number of primary amides is 1. The van der Waals surface area contributed by atoms with E-state index in [0.717, 1.165) is 9.87 Å². The Morgan fingerprint density at radius 3 is 2.29 bits per heavy atom. The largest absolute Gasteiger partial charge is 0.368 e. The van der Waals surface area contributed by atoms with Crippen molar-refractivity contribution >= 4 is 33.2 Å². The van der Waals surface area contributed by atoms with E-state index >= 15 is 0 Å². The summed E-state index contributed by atoms with van der Waals surface area (Å²) < 4.78 is 55.2. The predicted molar refractivity (Wildman–Crippen MR) is 149 cm³/mol. The van der Waals surface area contributed by atoms with Crippen LogP contribution in [0.3, 0.4) is 0 Å². The van der Waals surface area contributed by atoms with Crippen molar-refractivity contribution < 1.29 is 26.8 Å². The average Bonchev–Trinajstić information content (AvgIpc) is 3.46. The highest BCUT2D eigenvalue weighted by Crippen LogP contribution is 2.33. The Kier molecular flexibility index (Phi) is 8.05.